The lowest BCUT2D eigenvalue weighted by Gasteiger charge is -2.11. The van der Waals surface area contributed by atoms with E-state index in [4.69, 9.17) is 11.6 Å². The van der Waals surface area contributed by atoms with Crippen LogP contribution in [0.5, 0.6) is 0 Å². The number of benzene rings is 2. The zero-order valence-corrected chi connectivity index (χ0v) is 16.0. The van der Waals surface area contributed by atoms with Crippen LogP contribution in [0.2, 0.25) is 5.02 Å². The van der Waals surface area contributed by atoms with Gasteiger partial charge in [-0.25, -0.2) is 8.42 Å². The van der Waals surface area contributed by atoms with Crippen LogP contribution in [0.25, 0.3) is 0 Å². The van der Waals surface area contributed by atoms with Gasteiger partial charge < -0.3 is 0 Å². The number of sulfonamides is 1. The zero-order valence-electron chi connectivity index (χ0n) is 9.70. The van der Waals surface area contributed by atoms with Crippen LogP contribution in [0.3, 0.4) is 0 Å². The lowest BCUT2D eigenvalue weighted by molar-refractivity contribution is 0.600. The molecule has 0 saturated carbocycles. The Bertz CT molecular complexity index is 765. The minimum Gasteiger partial charge on any atom is -0.278 e. The standard InChI is InChI=1S/C12H7Br3ClNO2S/c13-7-1-4-12(10(15)5-7)20(18,19)17-11-3-2-8(16)6-9(11)14/h1-6,17H. The van der Waals surface area contributed by atoms with Crippen molar-refractivity contribution in [3.05, 3.63) is 54.8 Å². The van der Waals surface area contributed by atoms with Crippen LogP contribution in [-0.4, -0.2) is 8.42 Å². The Kier molecular flexibility index (Phi) is 5.18. The Labute approximate surface area is 147 Å². The molecule has 2 aromatic carbocycles. The van der Waals surface area contributed by atoms with Gasteiger partial charge in [-0.15, -0.1) is 0 Å². The molecule has 0 atom stereocenters. The van der Waals surface area contributed by atoms with Crippen LogP contribution in [-0.2, 0) is 10.0 Å². The smallest absolute Gasteiger partial charge is 0.263 e. The van der Waals surface area contributed by atoms with Gasteiger partial charge in [0, 0.05) is 18.4 Å². The van der Waals surface area contributed by atoms with E-state index in [1.807, 2.05) is 0 Å². The average molecular weight is 504 g/mol. The Morgan fingerprint density at radius 1 is 0.950 bits per heavy atom. The fourth-order valence-electron chi connectivity index (χ4n) is 1.47. The molecule has 106 valence electrons. The molecule has 0 radical (unpaired) electrons. The second kappa shape index (κ2) is 6.36. The van der Waals surface area contributed by atoms with E-state index in [0.29, 0.717) is 19.7 Å². The first kappa shape index (κ1) is 16.3. The third kappa shape index (κ3) is 3.76. The van der Waals surface area contributed by atoms with Crippen molar-refractivity contribution in [3.63, 3.8) is 0 Å². The minimum absolute atomic E-state index is 0.155. The molecule has 0 saturated heterocycles. The summed E-state index contributed by atoms with van der Waals surface area (Å²) in [6.07, 6.45) is 0. The average Bonchev–Trinajstić information content (AvgIpc) is 2.32. The molecule has 0 bridgehead atoms. The van der Waals surface area contributed by atoms with Gasteiger partial charge in [0.1, 0.15) is 4.90 Å². The van der Waals surface area contributed by atoms with Crippen molar-refractivity contribution < 1.29 is 8.42 Å². The first-order valence-electron chi connectivity index (χ1n) is 5.22. The summed E-state index contributed by atoms with van der Waals surface area (Å²) in [5.41, 5.74) is 0.421. The fraction of sp³-hybridized carbons (Fsp3) is 0. The number of hydrogen-bond acceptors (Lipinski definition) is 2. The van der Waals surface area contributed by atoms with Gasteiger partial charge in [-0.05, 0) is 68.3 Å². The molecule has 0 fully saturated rings. The first-order valence-corrected chi connectivity index (χ1v) is 9.46. The molecule has 0 aliphatic carbocycles. The van der Waals surface area contributed by atoms with Crippen LogP contribution < -0.4 is 4.72 Å². The predicted octanol–water partition coefficient (Wildman–Crippen LogP) is 5.43. The van der Waals surface area contributed by atoms with E-state index in [1.54, 1.807) is 30.3 Å². The molecular formula is C12H7Br3ClNO2S. The third-order valence-electron chi connectivity index (χ3n) is 2.36. The molecule has 8 heteroatoms. The quantitative estimate of drug-likeness (QED) is 0.606. The molecular weight excluding hydrogens is 497 g/mol. The van der Waals surface area contributed by atoms with E-state index in [0.717, 1.165) is 4.47 Å². The van der Waals surface area contributed by atoms with Gasteiger partial charge in [0.15, 0.2) is 0 Å². The Hall–Kier alpha value is -0.0800. The third-order valence-corrected chi connectivity index (χ3v) is 6.09. The van der Waals surface area contributed by atoms with Crippen LogP contribution in [0.15, 0.2) is 54.7 Å². The summed E-state index contributed by atoms with van der Waals surface area (Å²) in [6.45, 7) is 0. The highest BCUT2D eigenvalue weighted by Crippen LogP contribution is 2.31. The van der Waals surface area contributed by atoms with Crippen molar-refractivity contribution in [1.29, 1.82) is 0 Å². The number of nitrogens with one attached hydrogen (secondary N) is 1. The van der Waals surface area contributed by atoms with Crippen LogP contribution in [0, 0.1) is 0 Å². The highest BCUT2D eigenvalue weighted by atomic mass is 79.9. The molecule has 0 spiro atoms. The summed E-state index contributed by atoms with van der Waals surface area (Å²) >= 11 is 15.6. The zero-order chi connectivity index (χ0) is 14.9. The van der Waals surface area contributed by atoms with Gasteiger partial charge in [0.2, 0.25) is 0 Å². The van der Waals surface area contributed by atoms with Gasteiger partial charge in [-0.3, -0.25) is 4.72 Å². The van der Waals surface area contributed by atoms with Crippen LogP contribution >= 0.6 is 59.4 Å². The fourth-order valence-corrected chi connectivity index (χ4v) is 5.20. The van der Waals surface area contributed by atoms with E-state index in [1.165, 1.54) is 6.07 Å². The highest BCUT2D eigenvalue weighted by Gasteiger charge is 2.19. The second-order valence-electron chi connectivity index (χ2n) is 3.80. The lowest BCUT2D eigenvalue weighted by atomic mass is 10.3. The molecule has 3 nitrogen and oxygen atoms in total. The van der Waals surface area contributed by atoms with E-state index in [-0.39, 0.29) is 4.90 Å². The molecule has 0 aliphatic heterocycles. The maximum absolute atomic E-state index is 12.4. The molecule has 0 heterocycles. The van der Waals surface area contributed by atoms with Crippen molar-refractivity contribution in [2.75, 3.05) is 4.72 Å². The van der Waals surface area contributed by atoms with Crippen molar-refractivity contribution in [2.24, 2.45) is 0 Å². The molecule has 20 heavy (non-hydrogen) atoms. The van der Waals surface area contributed by atoms with Gasteiger partial charge in [-0.1, -0.05) is 27.5 Å². The summed E-state index contributed by atoms with van der Waals surface area (Å²) in [7, 11) is -3.69. The Morgan fingerprint density at radius 2 is 1.65 bits per heavy atom. The summed E-state index contributed by atoms with van der Waals surface area (Å²) in [4.78, 5) is 0.155. The van der Waals surface area contributed by atoms with Crippen molar-refractivity contribution in [1.82, 2.24) is 0 Å². The van der Waals surface area contributed by atoms with E-state index in [9.17, 15) is 8.42 Å². The van der Waals surface area contributed by atoms with Crippen molar-refractivity contribution >= 4 is 75.1 Å². The number of rotatable bonds is 3. The molecule has 2 rings (SSSR count). The van der Waals surface area contributed by atoms with E-state index >= 15 is 0 Å². The van der Waals surface area contributed by atoms with Gasteiger partial charge in [0.05, 0.1) is 5.69 Å². The summed E-state index contributed by atoms with van der Waals surface area (Å²) in [6, 6.07) is 9.68. The normalized spacial score (nSPS) is 11.4. The van der Waals surface area contributed by atoms with E-state index in [2.05, 4.69) is 52.5 Å². The Morgan fingerprint density at radius 3 is 2.25 bits per heavy atom. The summed E-state index contributed by atoms with van der Waals surface area (Å²) in [5.74, 6) is 0. The maximum Gasteiger partial charge on any atom is 0.263 e. The number of anilines is 1. The molecule has 0 aliphatic rings. The molecule has 0 unspecified atom stereocenters. The van der Waals surface area contributed by atoms with Gasteiger partial charge in [0.25, 0.3) is 10.0 Å². The number of hydrogen-bond donors (Lipinski definition) is 1. The van der Waals surface area contributed by atoms with E-state index < -0.39 is 10.0 Å². The SMILES string of the molecule is O=S(=O)(Nc1ccc(Cl)cc1Br)c1ccc(Br)cc1Br. The van der Waals surface area contributed by atoms with Gasteiger partial charge >= 0.3 is 0 Å². The topological polar surface area (TPSA) is 46.2 Å². The molecule has 0 aromatic heterocycles. The maximum atomic E-state index is 12.4. The highest BCUT2D eigenvalue weighted by molar-refractivity contribution is 9.11. The van der Waals surface area contributed by atoms with Crippen molar-refractivity contribution in [3.8, 4) is 0 Å². The van der Waals surface area contributed by atoms with Crippen molar-refractivity contribution in [2.45, 2.75) is 4.90 Å². The molecule has 0 amide bonds. The van der Waals surface area contributed by atoms with Crippen LogP contribution in [0.4, 0.5) is 5.69 Å². The Balaban J connectivity index is 2.41. The monoisotopic (exact) mass is 501 g/mol. The first-order chi connectivity index (χ1) is 9.29. The summed E-state index contributed by atoms with van der Waals surface area (Å²) in [5, 5.41) is 0.518. The molecule has 1 N–H and O–H groups in total. The number of halogens is 4. The van der Waals surface area contributed by atoms with Gasteiger partial charge in [-0.2, -0.15) is 0 Å². The second-order valence-corrected chi connectivity index (χ2v) is 8.52. The minimum atomic E-state index is -3.69. The predicted molar refractivity (Wildman–Crippen MR) is 91.8 cm³/mol. The van der Waals surface area contributed by atoms with Crippen LogP contribution in [0.1, 0.15) is 0 Å². The summed E-state index contributed by atoms with van der Waals surface area (Å²) < 4.78 is 29.1. The molecule has 2 aromatic rings. The lowest BCUT2D eigenvalue weighted by Crippen LogP contribution is -2.13. The largest absolute Gasteiger partial charge is 0.278 e.